The fourth-order valence-electron chi connectivity index (χ4n) is 4.85. The van der Waals surface area contributed by atoms with Crippen LogP contribution in [0.5, 0.6) is 0 Å². The first kappa shape index (κ1) is 20.2. The summed E-state index contributed by atoms with van der Waals surface area (Å²) in [5.41, 5.74) is 2.32. The molecule has 0 N–H and O–H groups in total. The number of ketones is 1. The van der Waals surface area contributed by atoms with Gasteiger partial charge in [-0.25, -0.2) is 4.79 Å². The minimum Gasteiger partial charge on any atom is -0.445 e. The van der Waals surface area contributed by atoms with E-state index in [1.807, 2.05) is 53.4 Å². The van der Waals surface area contributed by atoms with Crippen molar-refractivity contribution in [2.75, 3.05) is 0 Å². The van der Waals surface area contributed by atoms with Gasteiger partial charge in [0.25, 0.3) is 0 Å². The molecule has 0 radical (unpaired) electrons. The molecule has 4 rings (SSSR count). The first-order chi connectivity index (χ1) is 14.7. The lowest BCUT2D eigenvalue weighted by molar-refractivity contribution is -0.126. The molecular formula is C25H26N2O3. The fourth-order valence-corrected chi connectivity index (χ4v) is 4.85. The highest BCUT2D eigenvalue weighted by atomic mass is 16.6. The molecule has 2 fully saturated rings. The summed E-state index contributed by atoms with van der Waals surface area (Å²) in [4.78, 5) is 27.7. The van der Waals surface area contributed by atoms with Crippen LogP contribution in [0.25, 0.3) is 0 Å². The predicted molar refractivity (Wildman–Crippen MR) is 112 cm³/mol. The number of carbonyl (C=O) groups excluding carboxylic acids is 2. The average molecular weight is 402 g/mol. The van der Waals surface area contributed by atoms with E-state index in [1.165, 1.54) is 0 Å². The molecular weight excluding hydrogens is 376 g/mol. The summed E-state index contributed by atoms with van der Waals surface area (Å²) in [6.45, 7) is 0.267. The number of rotatable bonds is 5. The number of Topliss-reactive ketones (excluding diaryl/α,β-unsaturated/α-hetero) is 1. The maximum Gasteiger partial charge on any atom is 0.410 e. The second-order valence-corrected chi connectivity index (χ2v) is 8.27. The molecule has 2 aliphatic rings. The number of carbonyl (C=O) groups is 2. The van der Waals surface area contributed by atoms with Crippen molar-refractivity contribution < 1.29 is 14.3 Å². The summed E-state index contributed by atoms with van der Waals surface area (Å²) in [6, 6.07) is 19.3. The molecule has 2 bridgehead atoms. The standard InChI is InChI=1S/C25H26N2O3/c26-16-20-10-5-4-9-19(20)15-24(28)21-13-22-11-6-12-23(14-21)27(22)25(29)30-17-18-7-2-1-3-8-18/h1-5,7-10,21-23H,6,11-15,17H2. The third kappa shape index (κ3) is 4.38. The molecule has 2 aromatic rings. The second kappa shape index (κ2) is 9.13. The number of ether oxygens (including phenoxy) is 1. The van der Waals surface area contributed by atoms with Gasteiger partial charge in [-0.2, -0.15) is 5.26 Å². The smallest absolute Gasteiger partial charge is 0.410 e. The third-order valence-electron chi connectivity index (χ3n) is 6.35. The number of hydrogen-bond donors (Lipinski definition) is 0. The van der Waals surface area contributed by atoms with Crippen molar-refractivity contribution in [3.8, 4) is 6.07 Å². The highest BCUT2D eigenvalue weighted by molar-refractivity contribution is 5.84. The van der Waals surface area contributed by atoms with Crippen LogP contribution in [-0.4, -0.2) is 28.9 Å². The summed E-state index contributed by atoms with van der Waals surface area (Å²) in [6.07, 6.45) is 4.29. The Morgan fingerprint density at radius 2 is 1.67 bits per heavy atom. The van der Waals surface area contributed by atoms with Crippen LogP contribution < -0.4 is 0 Å². The number of hydrogen-bond acceptors (Lipinski definition) is 4. The molecule has 0 aliphatic carbocycles. The van der Waals surface area contributed by atoms with Crippen LogP contribution in [0.4, 0.5) is 4.79 Å². The first-order valence-corrected chi connectivity index (χ1v) is 10.7. The van der Waals surface area contributed by atoms with E-state index in [9.17, 15) is 14.9 Å². The minimum atomic E-state index is -0.269. The molecule has 30 heavy (non-hydrogen) atoms. The largest absolute Gasteiger partial charge is 0.445 e. The van der Waals surface area contributed by atoms with Crippen molar-refractivity contribution >= 4 is 11.9 Å². The van der Waals surface area contributed by atoms with Gasteiger partial charge in [-0.3, -0.25) is 4.79 Å². The zero-order valence-corrected chi connectivity index (χ0v) is 17.0. The Kier molecular flexibility index (Phi) is 6.13. The van der Waals surface area contributed by atoms with Crippen molar-refractivity contribution in [3.63, 3.8) is 0 Å². The summed E-state index contributed by atoms with van der Waals surface area (Å²) in [5, 5.41) is 9.28. The maximum atomic E-state index is 13.0. The van der Waals surface area contributed by atoms with Crippen molar-refractivity contribution in [1.29, 1.82) is 5.26 Å². The maximum absolute atomic E-state index is 13.0. The Balaban J connectivity index is 1.40. The van der Waals surface area contributed by atoms with Gasteiger partial charge in [-0.15, -0.1) is 0 Å². The molecule has 0 spiro atoms. The SMILES string of the molecule is N#Cc1ccccc1CC(=O)C1CC2CCCC(C1)N2C(=O)OCc1ccccc1. The summed E-state index contributed by atoms with van der Waals surface area (Å²) in [7, 11) is 0. The van der Waals surface area contributed by atoms with Crippen molar-refractivity contribution in [2.24, 2.45) is 5.92 Å². The van der Waals surface area contributed by atoms with E-state index in [-0.39, 0.29) is 42.9 Å². The van der Waals surface area contributed by atoms with E-state index in [0.717, 1.165) is 30.4 Å². The Morgan fingerprint density at radius 1 is 1.00 bits per heavy atom. The molecule has 2 heterocycles. The van der Waals surface area contributed by atoms with E-state index in [1.54, 1.807) is 6.07 Å². The summed E-state index contributed by atoms with van der Waals surface area (Å²) >= 11 is 0. The van der Waals surface area contributed by atoms with E-state index in [0.29, 0.717) is 18.4 Å². The second-order valence-electron chi connectivity index (χ2n) is 8.27. The van der Waals surface area contributed by atoms with Gasteiger partial charge in [0, 0.05) is 24.4 Å². The average Bonchev–Trinajstić information content (AvgIpc) is 2.77. The van der Waals surface area contributed by atoms with Crippen LogP contribution >= 0.6 is 0 Å². The highest BCUT2D eigenvalue weighted by Crippen LogP contribution is 2.38. The molecule has 2 aliphatic heterocycles. The number of piperidine rings is 2. The van der Waals surface area contributed by atoms with Gasteiger partial charge >= 0.3 is 6.09 Å². The van der Waals surface area contributed by atoms with Gasteiger partial charge in [0.15, 0.2) is 0 Å². The van der Waals surface area contributed by atoms with Crippen LogP contribution in [0.1, 0.15) is 48.8 Å². The number of nitriles is 1. The predicted octanol–water partition coefficient (Wildman–Crippen LogP) is 4.64. The van der Waals surface area contributed by atoms with E-state index in [4.69, 9.17) is 4.74 Å². The zero-order valence-electron chi connectivity index (χ0n) is 17.0. The molecule has 1 amide bonds. The van der Waals surface area contributed by atoms with Crippen LogP contribution in [-0.2, 0) is 22.6 Å². The molecule has 5 heteroatoms. The molecule has 154 valence electrons. The number of nitrogens with zero attached hydrogens (tertiary/aromatic N) is 2. The van der Waals surface area contributed by atoms with Gasteiger partial charge in [-0.1, -0.05) is 48.5 Å². The fraction of sp³-hybridized carbons (Fsp3) is 0.400. The van der Waals surface area contributed by atoms with Gasteiger partial charge in [0.05, 0.1) is 11.6 Å². The lowest BCUT2D eigenvalue weighted by Crippen LogP contribution is -2.55. The monoisotopic (exact) mass is 402 g/mol. The minimum absolute atomic E-state index is 0.0564. The highest BCUT2D eigenvalue weighted by Gasteiger charge is 2.43. The van der Waals surface area contributed by atoms with Crippen LogP contribution in [0, 0.1) is 17.2 Å². The Morgan fingerprint density at radius 3 is 2.37 bits per heavy atom. The molecule has 2 aromatic carbocycles. The van der Waals surface area contributed by atoms with E-state index < -0.39 is 0 Å². The first-order valence-electron chi connectivity index (χ1n) is 10.7. The quantitative estimate of drug-likeness (QED) is 0.730. The van der Waals surface area contributed by atoms with Crippen molar-refractivity contribution in [3.05, 3.63) is 71.3 Å². The summed E-state index contributed by atoms with van der Waals surface area (Å²) < 4.78 is 5.59. The zero-order chi connectivity index (χ0) is 20.9. The lowest BCUT2D eigenvalue weighted by Gasteiger charge is -2.47. The van der Waals surface area contributed by atoms with E-state index >= 15 is 0 Å². The Labute approximate surface area is 177 Å². The lowest BCUT2D eigenvalue weighted by atomic mass is 9.76. The molecule has 2 saturated heterocycles. The molecule has 0 saturated carbocycles. The van der Waals surface area contributed by atoms with Crippen LogP contribution in [0.2, 0.25) is 0 Å². The van der Waals surface area contributed by atoms with Crippen LogP contribution in [0.3, 0.4) is 0 Å². The number of benzene rings is 2. The van der Waals surface area contributed by atoms with Gasteiger partial charge in [0.2, 0.25) is 0 Å². The van der Waals surface area contributed by atoms with Crippen molar-refractivity contribution in [1.82, 2.24) is 4.90 Å². The van der Waals surface area contributed by atoms with Gasteiger partial charge in [0.1, 0.15) is 12.4 Å². The molecule has 5 nitrogen and oxygen atoms in total. The summed E-state index contributed by atoms with van der Waals surface area (Å²) in [5.74, 6) is 0.108. The Hall–Kier alpha value is -3.13. The molecule has 0 aromatic heterocycles. The van der Waals surface area contributed by atoms with E-state index in [2.05, 4.69) is 6.07 Å². The van der Waals surface area contributed by atoms with Gasteiger partial charge in [-0.05, 0) is 49.3 Å². The number of fused-ring (bicyclic) bond motifs is 2. The van der Waals surface area contributed by atoms with Gasteiger partial charge < -0.3 is 9.64 Å². The Bertz CT molecular complexity index is 936. The molecule has 2 unspecified atom stereocenters. The van der Waals surface area contributed by atoms with Crippen molar-refractivity contribution in [2.45, 2.75) is 57.2 Å². The van der Waals surface area contributed by atoms with Crippen LogP contribution in [0.15, 0.2) is 54.6 Å². The molecule has 2 atom stereocenters. The number of amides is 1. The third-order valence-corrected chi connectivity index (χ3v) is 6.35. The normalized spacial score (nSPS) is 22.8. The topological polar surface area (TPSA) is 70.4 Å².